The van der Waals surface area contributed by atoms with Gasteiger partial charge >= 0.3 is 12.1 Å². The van der Waals surface area contributed by atoms with Crippen LogP contribution in [-0.4, -0.2) is 30.3 Å². The third kappa shape index (κ3) is 3.37. The molecule has 0 heterocycles. The first-order valence-electron chi connectivity index (χ1n) is 4.91. The van der Waals surface area contributed by atoms with Crippen LogP contribution in [0, 0.1) is 11.8 Å². The van der Waals surface area contributed by atoms with E-state index in [4.69, 9.17) is 5.11 Å². The summed E-state index contributed by atoms with van der Waals surface area (Å²) in [6, 6.07) is 0. The van der Waals surface area contributed by atoms with E-state index in [0.29, 0.717) is 0 Å². The fraction of sp³-hybridized carbons (Fsp3) is 0.889. The summed E-state index contributed by atoms with van der Waals surface area (Å²) < 4.78 is 35.5. The van der Waals surface area contributed by atoms with Crippen LogP contribution in [0.25, 0.3) is 0 Å². The lowest BCUT2D eigenvalue weighted by Gasteiger charge is -2.18. The molecule has 6 heteroatoms. The van der Waals surface area contributed by atoms with Gasteiger partial charge in [-0.3, -0.25) is 4.79 Å². The van der Waals surface area contributed by atoms with E-state index in [2.05, 4.69) is 0 Å². The van der Waals surface area contributed by atoms with Crippen LogP contribution in [0.5, 0.6) is 0 Å². The first kappa shape index (κ1) is 12.3. The van der Waals surface area contributed by atoms with Crippen LogP contribution in [0.3, 0.4) is 0 Å². The number of hydrogen-bond acceptors (Lipinski definition) is 2. The molecule has 0 saturated heterocycles. The molecule has 2 atom stereocenters. The molecule has 0 aromatic heterocycles. The van der Waals surface area contributed by atoms with Crippen molar-refractivity contribution in [3.63, 3.8) is 0 Å². The molecule has 15 heavy (non-hydrogen) atoms. The maximum Gasteiger partial charge on any atom is 0.471 e. The maximum atomic E-state index is 11.8. The van der Waals surface area contributed by atoms with E-state index < -0.39 is 12.1 Å². The van der Waals surface area contributed by atoms with Gasteiger partial charge in [0.15, 0.2) is 0 Å². The number of aliphatic hydroxyl groups is 1. The highest BCUT2D eigenvalue weighted by Gasteiger charge is 2.39. The Morgan fingerprint density at radius 2 is 1.93 bits per heavy atom. The van der Waals surface area contributed by atoms with Crippen LogP contribution < -0.4 is 5.32 Å². The highest BCUT2D eigenvalue weighted by Crippen LogP contribution is 2.30. The number of alkyl halides is 3. The van der Waals surface area contributed by atoms with Crippen molar-refractivity contribution < 1.29 is 23.1 Å². The largest absolute Gasteiger partial charge is 0.471 e. The summed E-state index contributed by atoms with van der Waals surface area (Å²) in [4.78, 5) is 10.5. The Morgan fingerprint density at radius 1 is 1.33 bits per heavy atom. The molecule has 1 fully saturated rings. The van der Waals surface area contributed by atoms with Gasteiger partial charge in [0.2, 0.25) is 0 Å². The Hall–Kier alpha value is -0.780. The van der Waals surface area contributed by atoms with Crippen molar-refractivity contribution in [1.29, 1.82) is 0 Å². The number of amides is 1. The second kappa shape index (κ2) is 4.83. The van der Waals surface area contributed by atoms with Crippen molar-refractivity contribution in [2.45, 2.75) is 25.4 Å². The first-order chi connectivity index (χ1) is 6.95. The average Bonchev–Trinajstić information content (AvgIpc) is 2.59. The Balaban J connectivity index is 2.34. The number of carbonyl (C=O) groups excluding carboxylic acids is 1. The fourth-order valence-corrected chi connectivity index (χ4v) is 1.95. The molecule has 0 aromatic carbocycles. The van der Waals surface area contributed by atoms with Gasteiger partial charge in [-0.15, -0.1) is 0 Å². The van der Waals surface area contributed by atoms with Gasteiger partial charge in [0.25, 0.3) is 0 Å². The van der Waals surface area contributed by atoms with Crippen molar-refractivity contribution in [3.8, 4) is 0 Å². The van der Waals surface area contributed by atoms with Gasteiger partial charge in [-0.2, -0.15) is 13.2 Å². The van der Waals surface area contributed by atoms with E-state index in [1.54, 1.807) is 0 Å². The van der Waals surface area contributed by atoms with E-state index in [1.165, 1.54) is 0 Å². The number of halogens is 3. The van der Waals surface area contributed by atoms with Crippen LogP contribution in [0.15, 0.2) is 0 Å². The minimum atomic E-state index is -4.81. The molecule has 0 spiro atoms. The predicted molar refractivity (Wildman–Crippen MR) is 47.0 cm³/mol. The van der Waals surface area contributed by atoms with Crippen molar-refractivity contribution in [2.24, 2.45) is 11.8 Å². The molecule has 0 radical (unpaired) electrons. The highest BCUT2D eigenvalue weighted by molar-refractivity contribution is 5.81. The summed E-state index contributed by atoms with van der Waals surface area (Å²) in [5.41, 5.74) is 0. The molecular weight excluding hydrogens is 211 g/mol. The molecule has 0 aromatic rings. The van der Waals surface area contributed by atoms with Gasteiger partial charge in [0, 0.05) is 13.2 Å². The second-order valence-corrected chi connectivity index (χ2v) is 3.84. The van der Waals surface area contributed by atoms with E-state index in [-0.39, 0.29) is 25.0 Å². The Kier molecular flexibility index (Phi) is 3.96. The van der Waals surface area contributed by atoms with Crippen LogP contribution in [0.4, 0.5) is 13.2 Å². The average molecular weight is 225 g/mol. The summed E-state index contributed by atoms with van der Waals surface area (Å²) in [6.45, 7) is -0.0177. The van der Waals surface area contributed by atoms with Crippen LogP contribution >= 0.6 is 0 Å². The number of nitrogens with one attached hydrogen (secondary N) is 1. The molecule has 1 aliphatic carbocycles. The van der Waals surface area contributed by atoms with E-state index >= 15 is 0 Å². The third-order valence-electron chi connectivity index (χ3n) is 2.83. The topological polar surface area (TPSA) is 49.3 Å². The van der Waals surface area contributed by atoms with Gasteiger partial charge < -0.3 is 10.4 Å². The summed E-state index contributed by atoms with van der Waals surface area (Å²) in [6.07, 6.45) is -2.32. The maximum absolute atomic E-state index is 11.8. The number of rotatable bonds is 3. The molecule has 0 bridgehead atoms. The zero-order valence-electron chi connectivity index (χ0n) is 8.18. The van der Waals surface area contributed by atoms with Gasteiger partial charge in [-0.05, 0) is 24.7 Å². The lowest BCUT2D eigenvalue weighted by atomic mass is 9.97. The SMILES string of the molecule is O=C(NCC1CCCC1CO)C(F)(F)F. The van der Waals surface area contributed by atoms with Crippen LogP contribution in [0.2, 0.25) is 0 Å². The quantitative estimate of drug-likeness (QED) is 0.755. The zero-order valence-corrected chi connectivity index (χ0v) is 8.18. The van der Waals surface area contributed by atoms with Gasteiger partial charge in [-0.25, -0.2) is 0 Å². The summed E-state index contributed by atoms with van der Waals surface area (Å²) in [7, 11) is 0. The smallest absolute Gasteiger partial charge is 0.396 e. The lowest BCUT2D eigenvalue weighted by molar-refractivity contribution is -0.173. The Morgan fingerprint density at radius 3 is 2.47 bits per heavy atom. The van der Waals surface area contributed by atoms with Gasteiger partial charge in [0.1, 0.15) is 0 Å². The second-order valence-electron chi connectivity index (χ2n) is 3.84. The van der Waals surface area contributed by atoms with Gasteiger partial charge in [0.05, 0.1) is 0 Å². The monoisotopic (exact) mass is 225 g/mol. The summed E-state index contributed by atoms with van der Waals surface area (Å²) in [5.74, 6) is -1.90. The molecule has 2 unspecified atom stereocenters. The normalized spacial score (nSPS) is 26.7. The number of aliphatic hydroxyl groups excluding tert-OH is 1. The highest BCUT2D eigenvalue weighted by atomic mass is 19.4. The zero-order chi connectivity index (χ0) is 11.5. The molecule has 1 rings (SSSR count). The van der Waals surface area contributed by atoms with E-state index in [1.807, 2.05) is 5.32 Å². The van der Waals surface area contributed by atoms with Crippen LogP contribution in [-0.2, 0) is 4.79 Å². The number of hydrogen-bond donors (Lipinski definition) is 2. The first-order valence-corrected chi connectivity index (χ1v) is 4.91. The molecular formula is C9H14F3NO2. The molecule has 1 amide bonds. The molecule has 3 nitrogen and oxygen atoms in total. The van der Waals surface area contributed by atoms with Gasteiger partial charge in [-0.1, -0.05) is 6.42 Å². The molecule has 1 aliphatic rings. The fourth-order valence-electron chi connectivity index (χ4n) is 1.95. The standard InChI is InChI=1S/C9H14F3NO2/c10-9(11,12)8(15)13-4-6-2-1-3-7(6)5-14/h6-7,14H,1-5H2,(H,13,15). The van der Waals surface area contributed by atoms with Crippen LogP contribution in [0.1, 0.15) is 19.3 Å². The van der Waals surface area contributed by atoms with Crippen molar-refractivity contribution in [1.82, 2.24) is 5.32 Å². The summed E-state index contributed by atoms with van der Waals surface area (Å²) in [5, 5.41) is 10.8. The van der Waals surface area contributed by atoms with Crippen molar-refractivity contribution in [3.05, 3.63) is 0 Å². The predicted octanol–water partition coefficient (Wildman–Crippen LogP) is 1.07. The summed E-state index contributed by atoms with van der Waals surface area (Å²) >= 11 is 0. The molecule has 0 aliphatic heterocycles. The van der Waals surface area contributed by atoms with Crippen molar-refractivity contribution >= 4 is 5.91 Å². The molecule has 2 N–H and O–H groups in total. The minimum absolute atomic E-state index is 0.00354. The third-order valence-corrected chi connectivity index (χ3v) is 2.83. The van der Waals surface area contributed by atoms with E-state index in [0.717, 1.165) is 19.3 Å². The Bertz CT molecular complexity index is 230. The molecule has 1 saturated carbocycles. The van der Waals surface area contributed by atoms with Crippen molar-refractivity contribution in [2.75, 3.05) is 13.2 Å². The number of carbonyl (C=O) groups is 1. The Labute approximate surface area is 85.7 Å². The van der Waals surface area contributed by atoms with E-state index in [9.17, 15) is 18.0 Å². The molecule has 88 valence electrons. The lowest BCUT2D eigenvalue weighted by Crippen LogP contribution is -2.40. The minimum Gasteiger partial charge on any atom is -0.396 e.